The van der Waals surface area contributed by atoms with Crippen molar-refractivity contribution in [1.29, 1.82) is 0 Å². The van der Waals surface area contributed by atoms with Gasteiger partial charge in [-0.3, -0.25) is 4.79 Å². The molecule has 1 fully saturated rings. The van der Waals surface area contributed by atoms with Gasteiger partial charge in [0, 0.05) is 19.6 Å². The smallest absolute Gasteiger partial charge is 0.269 e. The number of hydrogen-bond acceptors (Lipinski definition) is 3. The fourth-order valence-corrected chi connectivity index (χ4v) is 2.24. The molecular weight excluding hydrogens is 238 g/mol. The molecule has 1 aliphatic rings. The summed E-state index contributed by atoms with van der Waals surface area (Å²) >= 11 is 0. The highest BCUT2D eigenvalue weighted by atomic mass is 16.1. The third-order valence-corrected chi connectivity index (χ3v) is 3.32. The lowest BCUT2D eigenvalue weighted by atomic mass is 10.1. The minimum atomic E-state index is -0.0763. The van der Waals surface area contributed by atoms with E-state index in [9.17, 15) is 4.79 Å². The van der Waals surface area contributed by atoms with Crippen LogP contribution in [0.25, 0.3) is 0 Å². The van der Waals surface area contributed by atoms with Crippen LogP contribution in [-0.2, 0) is 0 Å². The van der Waals surface area contributed by atoms with Crippen LogP contribution in [0, 0.1) is 5.92 Å². The van der Waals surface area contributed by atoms with E-state index in [0.717, 1.165) is 18.9 Å². The van der Waals surface area contributed by atoms with E-state index in [2.05, 4.69) is 29.0 Å². The molecule has 2 rings (SSSR count). The molecule has 1 aliphatic heterocycles. The van der Waals surface area contributed by atoms with Crippen molar-refractivity contribution in [2.45, 2.75) is 33.1 Å². The molecule has 0 atom stereocenters. The summed E-state index contributed by atoms with van der Waals surface area (Å²) in [4.78, 5) is 18.7. The molecule has 0 spiro atoms. The molecule has 0 aromatic carbocycles. The summed E-state index contributed by atoms with van der Waals surface area (Å²) in [7, 11) is 0. The highest BCUT2D eigenvalue weighted by molar-refractivity contribution is 5.92. The van der Waals surface area contributed by atoms with Crippen molar-refractivity contribution < 1.29 is 4.79 Å². The van der Waals surface area contributed by atoms with E-state index in [-0.39, 0.29) is 5.91 Å². The van der Waals surface area contributed by atoms with Crippen LogP contribution >= 0.6 is 0 Å². The quantitative estimate of drug-likeness (QED) is 0.905. The first kappa shape index (κ1) is 13.8. The number of nitrogens with zero attached hydrogens (tertiary/aromatic N) is 2. The molecule has 1 amide bonds. The summed E-state index contributed by atoms with van der Waals surface area (Å²) in [5.41, 5.74) is 0.517. The van der Waals surface area contributed by atoms with Gasteiger partial charge in [-0.25, -0.2) is 4.98 Å². The van der Waals surface area contributed by atoms with E-state index in [4.69, 9.17) is 0 Å². The third-order valence-electron chi connectivity index (χ3n) is 3.32. The lowest BCUT2D eigenvalue weighted by molar-refractivity contribution is 0.0944. The molecule has 19 heavy (non-hydrogen) atoms. The standard InChI is InChI=1S/C15H23N3O/c1-12(2)11-16-15(19)13-7-6-8-14(17-13)18-9-4-3-5-10-18/h6-8,12H,3-5,9-11H2,1-2H3,(H,16,19). The zero-order valence-electron chi connectivity index (χ0n) is 11.9. The number of carbonyl (C=O) groups is 1. The van der Waals surface area contributed by atoms with Gasteiger partial charge in [-0.15, -0.1) is 0 Å². The zero-order valence-corrected chi connectivity index (χ0v) is 11.9. The van der Waals surface area contributed by atoms with E-state index >= 15 is 0 Å². The first-order chi connectivity index (χ1) is 9.16. The van der Waals surface area contributed by atoms with Gasteiger partial charge in [0.1, 0.15) is 11.5 Å². The second-order valence-corrected chi connectivity index (χ2v) is 5.53. The van der Waals surface area contributed by atoms with E-state index in [1.807, 2.05) is 12.1 Å². The molecule has 1 saturated heterocycles. The molecule has 2 heterocycles. The monoisotopic (exact) mass is 261 g/mol. The van der Waals surface area contributed by atoms with Gasteiger partial charge in [0.25, 0.3) is 5.91 Å². The van der Waals surface area contributed by atoms with Crippen molar-refractivity contribution in [2.24, 2.45) is 5.92 Å². The molecule has 1 aromatic rings. The summed E-state index contributed by atoms with van der Waals surface area (Å²) in [5, 5.41) is 2.91. The second-order valence-electron chi connectivity index (χ2n) is 5.53. The fourth-order valence-electron chi connectivity index (χ4n) is 2.24. The van der Waals surface area contributed by atoms with Crippen molar-refractivity contribution in [3.8, 4) is 0 Å². The van der Waals surface area contributed by atoms with Crippen LogP contribution in [0.4, 0.5) is 5.82 Å². The first-order valence-electron chi connectivity index (χ1n) is 7.17. The molecule has 0 bridgehead atoms. The van der Waals surface area contributed by atoms with E-state index in [0.29, 0.717) is 18.2 Å². The van der Waals surface area contributed by atoms with Crippen LogP contribution in [0.2, 0.25) is 0 Å². The van der Waals surface area contributed by atoms with Gasteiger partial charge in [0.05, 0.1) is 0 Å². The molecule has 0 radical (unpaired) electrons. The SMILES string of the molecule is CC(C)CNC(=O)c1cccc(N2CCCCC2)n1. The largest absolute Gasteiger partial charge is 0.357 e. The number of nitrogens with one attached hydrogen (secondary N) is 1. The Hall–Kier alpha value is -1.58. The molecule has 104 valence electrons. The molecule has 4 heteroatoms. The predicted molar refractivity (Wildman–Crippen MR) is 77.5 cm³/mol. The summed E-state index contributed by atoms with van der Waals surface area (Å²) in [6.07, 6.45) is 3.72. The predicted octanol–water partition coefficient (Wildman–Crippen LogP) is 2.46. The van der Waals surface area contributed by atoms with Crippen LogP contribution in [0.15, 0.2) is 18.2 Å². The van der Waals surface area contributed by atoms with Crippen molar-refractivity contribution in [1.82, 2.24) is 10.3 Å². The van der Waals surface area contributed by atoms with Gasteiger partial charge in [-0.2, -0.15) is 0 Å². The highest BCUT2D eigenvalue weighted by Crippen LogP contribution is 2.17. The van der Waals surface area contributed by atoms with Gasteiger partial charge in [0.2, 0.25) is 0 Å². The van der Waals surface area contributed by atoms with E-state index in [1.165, 1.54) is 19.3 Å². The molecule has 4 nitrogen and oxygen atoms in total. The Bertz CT molecular complexity index is 425. The maximum atomic E-state index is 12.0. The van der Waals surface area contributed by atoms with Crippen molar-refractivity contribution in [3.63, 3.8) is 0 Å². The van der Waals surface area contributed by atoms with Gasteiger partial charge >= 0.3 is 0 Å². The topological polar surface area (TPSA) is 45.2 Å². The number of aromatic nitrogens is 1. The number of pyridine rings is 1. The number of hydrogen-bond donors (Lipinski definition) is 1. The molecule has 0 saturated carbocycles. The number of rotatable bonds is 4. The van der Waals surface area contributed by atoms with Crippen LogP contribution in [0.3, 0.4) is 0 Å². The van der Waals surface area contributed by atoms with Crippen LogP contribution < -0.4 is 10.2 Å². The second kappa shape index (κ2) is 6.55. The van der Waals surface area contributed by atoms with Gasteiger partial charge in [0.15, 0.2) is 0 Å². The Morgan fingerprint density at radius 3 is 2.74 bits per heavy atom. The van der Waals surface area contributed by atoms with Crippen LogP contribution in [-0.4, -0.2) is 30.5 Å². The van der Waals surface area contributed by atoms with Crippen LogP contribution in [0.1, 0.15) is 43.6 Å². The Morgan fingerprint density at radius 2 is 2.05 bits per heavy atom. The molecular formula is C15H23N3O. The highest BCUT2D eigenvalue weighted by Gasteiger charge is 2.14. The van der Waals surface area contributed by atoms with Crippen LogP contribution in [0.5, 0.6) is 0 Å². The van der Waals surface area contributed by atoms with Gasteiger partial charge in [-0.05, 0) is 37.3 Å². The fraction of sp³-hybridized carbons (Fsp3) is 0.600. The third kappa shape index (κ3) is 3.94. The lowest BCUT2D eigenvalue weighted by Crippen LogP contribution is -2.32. The number of piperidine rings is 1. The first-order valence-corrected chi connectivity index (χ1v) is 7.17. The normalized spacial score (nSPS) is 15.6. The summed E-state index contributed by atoms with van der Waals surface area (Å²) in [6.45, 7) is 6.94. The number of anilines is 1. The Labute approximate surface area is 115 Å². The maximum absolute atomic E-state index is 12.0. The summed E-state index contributed by atoms with van der Waals surface area (Å²) in [6, 6.07) is 5.69. The molecule has 0 unspecified atom stereocenters. The Kier molecular flexibility index (Phi) is 4.77. The molecule has 1 aromatic heterocycles. The van der Waals surface area contributed by atoms with Gasteiger partial charge in [-0.1, -0.05) is 19.9 Å². The summed E-state index contributed by atoms with van der Waals surface area (Å²) in [5.74, 6) is 1.30. The van der Waals surface area contributed by atoms with Crippen molar-refractivity contribution in [3.05, 3.63) is 23.9 Å². The maximum Gasteiger partial charge on any atom is 0.269 e. The molecule has 1 N–H and O–H groups in total. The van der Waals surface area contributed by atoms with E-state index < -0.39 is 0 Å². The van der Waals surface area contributed by atoms with E-state index in [1.54, 1.807) is 6.07 Å². The number of amides is 1. The Balaban J connectivity index is 2.03. The molecule has 0 aliphatic carbocycles. The van der Waals surface area contributed by atoms with Crippen molar-refractivity contribution >= 4 is 11.7 Å². The summed E-state index contributed by atoms with van der Waals surface area (Å²) < 4.78 is 0. The minimum Gasteiger partial charge on any atom is -0.357 e. The number of carbonyl (C=O) groups excluding carboxylic acids is 1. The van der Waals surface area contributed by atoms with Crippen molar-refractivity contribution in [2.75, 3.05) is 24.5 Å². The Morgan fingerprint density at radius 1 is 1.32 bits per heavy atom. The minimum absolute atomic E-state index is 0.0763. The average molecular weight is 261 g/mol. The zero-order chi connectivity index (χ0) is 13.7. The average Bonchev–Trinajstić information content (AvgIpc) is 2.46. The van der Waals surface area contributed by atoms with Gasteiger partial charge < -0.3 is 10.2 Å². The lowest BCUT2D eigenvalue weighted by Gasteiger charge is -2.27.